The Bertz CT molecular complexity index is 1630. The van der Waals surface area contributed by atoms with E-state index in [9.17, 15) is 4.79 Å². The van der Waals surface area contributed by atoms with Gasteiger partial charge in [0.2, 0.25) is 0 Å². The van der Waals surface area contributed by atoms with Gasteiger partial charge in [-0.25, -0.2) is 4.98 Å². The van der Waals surface area contributed by atoms with Crippen molar-refractivity contribution in [3.63, 3.8) is 0 Å². The van der Waals surface area contributed by atoms with Crippen molar-refractivity contribution in [2.24, 2.45) is 0 Å². The lowest BCUT2D eigenvalue weighted by Gasteiger charge is -2.34. The number of piperazine rings is 1. The van der Waals surface area contributed by atoms with Crippen LogP contribution >= 0.6 is 0 Å². The normalized spacial score (nSPS) is 14.5. The number of hydrogen-bond acceptors (Lipinski definition) is 7. The highest BCUT2D eigenvalue weighted by Gasteiger charge is 2.20. The Hall–Kier alpha value is -4.50. The number of aromatic amines is 2. The fraction of sp³-hybridized carbons (Fsp3) is 0.185. The van der Waals surface area contributed by atoms with Crippen molar-refractivity contribution in [3.8, 4) is 22.9 Å². The zero-order valence-corrected chi connectivity index (χ0v) is 19.9. The number of ether oxygens (including phenoxy) is 1. The Labute approximate surface area is 207 Å². The lowest BCUT2D eigenvalue weighted by Crippen LogP contribution is -2.44. The number of nitrogens with two attached hydrogens (primary N) is 2. The summed E-state index contributed by atoms with van der Waals surface area (Å²) in [5.74, 6) is 1.56. The van der Waals surface area contributed by atoms with Crippen molar-refractivity contribution in [1.29, 1.82) is 0 Å². The van der Waals surface area contributed by atoms with E-state index >= 15 is 0 Å². The molecule has 6 N–H and O–H groups in total. The zero-order chi connectivity index (χ0) is 24.8. The smallest absolute Gasteiger partial charge is 0.261 e. The summed E-state index contributed by atoms with van der Waals surface area (Å²) in [5.41, 5.74) is 16.7. The molecule has 0 bridgehead atoms. The first-order chi connectivity index (χ1) is 17.5. The van der Waals surface area contributed by atoms with Crippen LogP contribution in [0.4, 0.5) is 17.1 Å². The molecule has 9 nitrogen and oxygen atoms in total. The zero-order valence-electron chi connectivity index (χ0n) is 19.9. The van der Waals surface area contributed by atoms with Crippen LogP contribution in [0.1, 0.15) is 0 Å². The lowest BCUT2D eigenvalue weighted by atomic mass is 10.1. The van der Waals surface area contributed by atoms with E-state index in [-0.39, 0.29) is 11.1 Å². The predicted octanol–water partition coefficient (Wildman–Crippen LogP) is 3.78. The molecule has 6 rings (SSSR count). The average Bonchev–Trinajstić information content (AvgIpc) is 3.28. The number of likely N-dealkylation sites (N-methyl/N-ethyl adjacent to an activating group) is 1. The van der Waals surface area contributed by atoms with Crippen molar-refractivity contribution < 1.29 is 4.74 Å². The molecule has 0 spiro atoms. The van der Waals surface area contributed by atoms with Crippen molar-refractivity contribution >= 4 is 39.0 Å². The molecule has 3 aromatic carbocycles. The Balaban J connectivity index is 1.42. The summed E-state index contributed by atoms with van der Waals surface area (Å²) in [5, 5.41) is 0.613. The van der Waals surface area contributed by atoms with Gasteiger partial charge in [0, 0.05) is 37.6 Å². The van der Waals surface area contributed by atoms with Gasteiger partial charge in [-0.2, -0.15) is 0 Å². The predicted molar refractivity (Wildman–Crippen MR) is 145 cm³/mol. The number of fused-ring (bicyclic) bond motifs is 2. The molecule has 5 aromatic rings. The van der Waals surface area contributed by atoms with Crippen LogP contribution in [0.2, 0.25) is 0 Å². The third-order valence-corrected chi connectivity index (χ3v) is 6.72. The quantitative estimate of drug-likeness (QED) is 0.288. The van der Waals surface area contributed by atoms with E-state index in [1.54, 1.807) is 30.3 Å². The number of rotatable bonds is 4. The number of nitrogen functional groups attached to an aromatic ring is 2. The molecular formula is C27H27N7O2. The molecule has 0 aliphatic carbocycles. The Kier molecular flexibility index (Phi) is 5.26. The van der Waals surface area contributed by atoms with Gasteiger partial charge >= 0.3 is 0 Å². The molecular weight excluding hydrogens is 454 g/mol. The maximum Gasteiger partial charge on any atom is 0.261 e. The van der Waals surface area contributed by atoms with Gasteiger partial charge in [-0.15, -0.1) is 0 Å². The highest BCUT2D eigenvalue weighted by atomic mass is 16.5. The summed E-state index contributed by atoms with van der Waals surface area (Å²) in [6.07, 6.45) is 0. The van der Waals surface area contributed by atoms with Crippen LogP contribution in [0.3, 0.4) is 0 Å². The van der Waals surface area contributed by atoms with Crippen LogP contribution in [0.15, 0.2) is 65.5 Å². The number of aromatic nitrogens is 3. The number of nitrogens with zero attached hydrogens (tertiary/aromatic N) is 3. The molecule has 9 heteroatoms. The van der Waals surface area contributed by atoms with Crippen molar-refractivity contribution in [1.82, 2.24) is 19.9 Å². The molecule has 1 fully saturated rings. The van der Waals surface area contributed by atoms with Gasteiger partial charge in [-0.05, 0) is 61.6 Å². The van der Waals surface area contributed by atoms with Crippen LogP contribution in [0, 0.1) is 0 Å². The number of hydrogen-bond donors (Lipinski definition) is 4. The highest BCUT2D eigenvalue weighted by Crippen LogP contribution is 2.36. The minimum atomic E-state index is -0.317. The Morgan fingerprint density at radius 3 is 2.47 bits per heavy atom. The van der Waals surface area contributed by atoms with Gasteiger partial charge in [0.05, 0.1) is 27.6 Å². The van der Waals surface area contributed by atoms with E-state index in [1.807, 2.05) is 18.2 Å². The van der Waals surface area contributed by atoms with E-state index in [0.717, 1.165) is 42.9 Å². The summed E-state index contributed by atoms with van der Waals surface area (Å²) in [6, 6.07) is 18.7. The number of H-pyrrole nitrogens is 2. The third-order valence-electron chi connectivity index (χ3n) is 6.72. The van der Waals surface area contributed by atoms with Crippen LogP contribution in [0.25, 0.3) is 33.3 Å². The van der Waals surface area contributed by atoms with Gasteiger partial charge in [0.15, 0.2) is 0 Å². The summed E-state index contributed by atoms with van der Waals surface area (Å²) < 4.78 is 6.11. The maximum absolute atomic E-state index is 13.1. The molecule has 36 heavy (non-hydrogen) atoms. The minimum absolute atomic E-state index is 0.285. The number of imidazole rings is 1. The van der Waals surface area contributed by atoms with E-state index in [2.05, 4.69) is 38.9 Å². The Morgan fingerprint density at radius 1 is 0.917 bits per heavy atom. The van der Waals surface area contributed by atoms with Gasteiger partial charge in [-0.3, -0.25) is 4.79 Å². The fourth-order valence-electron chi connectivity index (χ4n) is 4.71. The van der Waals surface area contributed by atoms with Gasteiger partial charge in [-0.1, -0.05) is 6.07 Å². The third kappa shape index (κ3) is 3.89. The molecule has 1 aliphatic heterocycles. The second kappa shape index (κ2) is 8.62. The van der Waals surface area contributed by atoms with Crippen molar-refractivity contribution in [3.05, 3.63) is 71.0 Å². The number of pyridine rings is 1. The molecule has 2 aromatic heterocycles. The number of benzene rings is 3. The summed E-state index contributed by atoms with van der Waals surface area (Å²) in [7, 11) is 2.14. The lowest BCUT2D eigenvalue weighted by molar-refractivity contribution is 0.313. The van der Waals surface area contributed by atoms with E-state index in [1.165, 1.54) is 0 Å². The van der Waals surface area contributed by atoms with Gasteiger partial charge in [0.1, 0.15) is 22.9 Å². The molecule has 3 heterocycles. The average molecular weight is 482 g/mol. The maximum atomic E-state index is 13.1. The van der Waals surface area contributed by atoms with E-state index in [0.29, 0.717) is 39.6 Å². The molecule has 0 unspecified atom stereocenters. The van der Waals surface area contributed by atoms with E-state index < -0.39 is 0 Å². The second-order valence-electron chi connectivity index (χ2n) is 9.17. The highest BCUT2D eigenvalue weighted by molar-refractivity contribution is 6.01. The molecule has 182 valence electrons. The molecule has 0 saturated carbocycles. The minimum Gasteiger partial charge on any atom is -0.457 e. The molecule has 0 atom stereocenters. The molecule has 0 amide bonds. The second-order valence-corrected chi connectivity index (χ2v) is 9.17. The molecule has 1 aliphatic rings. The van der Waals surface area contributed by atoms with Crippen LogP contribution in [-0.4, -0.2) is 53.1 Å². The first-order valence-corrected chi connectivity index (χ1v) is 11.9. The van der Waals surface area contributed by atoms with Crippen LogP contribution < -0.4 is 26.7 Å². The monoisotopic (exact) mass is 481 g/mol. The standard InChI is InChI=1S/C27H27N7O2/c1-33-11-13-34(14-12-33)17-7-10-19-21(15-17)31-26(30-19)24-25(29)23-20(32-27(24)35)3-2-4-22(23)36-18-8-5-16(28)6-9-18/h2-10,15H,11-14,28H2,1H3,(H,30,31)(H3,29,32,35). The summed E-state index contributed by atoms with van der Waals surface area (Å²) in [4.78, 5) is 28.8. The van der Waals surface area contributed by atoms with Crippen molar-refractivity contribution in [2.45, 2.75) is 0 Å². The van der Waals surface area contributed by atoms with Gasteiger partial charge < -0.3 is 36.0 Å². The van der Waals surface area contributed by atoms with Crippen LogP contribution in [0.5, 0.6) is 11.5 Å². The van der Waals surface area contributed by atoms with Gasteiger partial charge in [0.25, 0.3) is 5.56 Å². The first-order valence-electron chi connectivity index (χ1n) is 11.9. The number of nitrogens with one attached hydrogen (secondary N) is 2. The Morgan fingerprint density at radius 2 is 1.69 bits per heavy atom. The topological polar surface area (TPSA) is 129 Å². The largest absolute Gasteiger partial charge is 0.457 e. The molecule has 1 saturated heterocycles. The van der Waals surface area contributed by atoms with Crippen molar-refractivity contribution in [2.75, 3.05) is 49.6 Å². The molecule has 0 radical (unpaired) electrons. The number of anilines is 3. The summed E-state index contributed by atoms with van der Waals surface area (Å²) in [6.45, 7) is 3.99. The fourth-order valence-corrected chi connectivity index (χ4v) is 4.71. The first kappa shape index (κ1) is 22.0. The summed E-state index contributed by atoms with van der Waals surface area (Å²) >= 11 is 0. The van der Waals surface area contributed by atoms with Crippen LogP contribution in [-0.2, 0) is 0 Å². The SMILES string of the molecule is CN1CCN(c2ccc3nc(-c4c(N)c5c(Oc6ccc(N)cc6)cccc5[nH]c4=O)[nH]c3c2)CC1. The van der Waals surface area contributed by atoms with E-state index in [4.69, 9.17) is 21.2 Å².